The number of hydrogen-bond acceptors (Lipinski definition) is 6. The third-order valence-corrected chi connectivity index (χ3v) is 4.28. The molecule has 0 bridgehead atoms. The van der Waals surface area contributed by atoms with Gasteiger partial charge in [0.1, 0.15) is 11.9 Å². The molecule has 0 aliphatic carbocycles. The van der Waals surface area contributed by atoms with Crippen molar-refractivity contribution in [1.82, 2.24) is 20.1 Å². The van der Waals surface area contributed by atoms with E-state index in [-0.39, 0.29) is 5.97 Å². The van der Waals surface area contributed by atoms with E-state index in [1.165, 1.54) is 7.11 Å². The molecule has 1 rings (SSSR count). The Morgan fingerprint density at radius 1 is 1.58 bits per heavy atom. The molecular weight excluding hydrogens is 264 g/mol. The summed E-state index contributed by atoms with van der Waals surface area (Å²) in [5.74, 6) is 0.754. The summed E-state index contributed by atoms with van der Waals surface area (Å²) in [6.45, 7) is 1.87. The highest BCUT2D eigenvalue weighted by Crippen LogP contribution is 2.19. The third kappa shape index (κ3) is 4.50. The SMILES string of the molecule is CNC(C)(CCCCSc1nncn1C)C(=O)OC. The largest absolute Gasteiger partial charge is 0.468 e. The number of likely N-dealkylation sites (N-methyl/N-ethyl adjacent to an activating group) is 1. The number of thioether (sulfide) groups is 1. The highest BCUT2D eigenvalue weighted by atomic mass is 32.2. The predicted octanol–water partition coefficient (Wildman–Crippen LogP) is 1.23. The Hall–Kier alpha value is -1.08. The number of ether oxygens (including phenoxy) is 1. The van der Waals surface area contributed by atoms with Crippen molar-refractivity contribution in [1.29, 1.82) is 0 Å². The average Bonchev–Trinajstić information content (AvgIpc) is 2.82. The van der Waals surface area contributed by atoms with E-state index >= 15 is 0 Å². The number of methoxy groups -OCH3 is 1. The van der Waals surface area contributed by atoms with Gasteiger partial charge in [-0.3, -0.25) is 4.79 Å². The number of nitrogens with one attached hydrogen (secondary N) is 1. The number of aryl methyl sites for hydroxylation is 1. The molecular formula is C12H22N4O2S. The summed E-state index contributed by atoms with van der Waals surface area (Å²) in [5.41, 5.74) is -0.593. The van der Waals surface area contributed by atoms with Crippen molar-refractivity contribution in [3.63, 3.8) is 0 Å². The lowest BCUT2D eigenvalue weighted by atomic mass is 9.95. The summed E-state index contributed by atoms with van der Waals surface area (Å²) < 4.78 is 6.71. The van der Waals surface area contributed by atoms with E-state index in [4.69, 9.17) is 4.74 Å². The molecule has 1 N–H and O–H groups in total. The van der Waals surface area contributed by atoms with Gasteiger partial charge in [-0.05, 0) is 26.8 Å². The number of nitrogens with zero attached hydrogens (tertiary/aromatic N) is 3. The zero-order chi connectivity index (χ0) is 14.3. The van der Waals surface area contributed by atoms with Gasteiger partial charge in [-0.15, -0.1) is 10.2 Å². The lowest BCUT2D eigenvalue weighted by Crippen LogP contribution is -2.48. The maximum atomic E-state index is 11.6. The number of rotatable bonds is 8. The molecule has 0 spiro atoms. The van der Waals surface area contributed by atoms with Crippen LogP contribution in [0.5, 0.6) is 0 Å². The summed E-state index contributed by atoms with van der Waals surface area (Å²) in [6, 6.07) is 0. The highest BCUT2D eigenvalue weighted by molar-refractivity contribution is 7.99. The topological polar surface area (TPSA) is 69.0 Å². The minimum absolute atomic E-state index is 0.212. The van der Waals surface area contributed by atoms with Crippen LogP contribution in [0.1, 0.15) is 26.2 Å². The Labute approximate surface area is 118 Å². The lowest BCUT2D eigenvalue weighted by molar-refractivity contribution is -0.148. The van der Waals surface area contributed by atoms with Gasteiger partial charge in [-0.25, -0.2) is 0 Å². The number of esters is 1. The molecule has 1 unspecified atom stereocenters. The van der Waals surface area contributed by atoms with Gasteiger partial charge in [-0.1, -0.05) is 18.2 Å². The number of carbonyl (C=O) groups is 1. The fourth-order valence-electron chi connectivity index (χ4n) is 1.70. The predicted molar refractivity (Wildman–Crippen MR) is 75.1 cm³/mol. The fraction of sp³-hybridized carbons (Fsp3) is 0.750. The standard InChI is InChI=1S/C12H22N4O2S/c1-12(13-2,10(17)18-4)7-5-6-8-19-11-15-14-9-16(11)3/h9,13H,5-8H2,1-4H3. The van der Waals surface area contributed by atoms with E-state index in [9.17, 15) is 4.79 Å². The second-order valence-corrected chi connectivity index (χ2v) is 5.67. The first-order valence-corrected chi connectivity index (χ1v) is 7.26. The van der Waals surface area contributed by atoms with E-state index in [0.29, 0.717) is 0 Å². The van der Waals surface area contributed by atoms with E-state index < -0.39 is 5.54 Å². The quantitative estimate of drug-likeness (QED) is 0.440. The van der Waals surface area contributed by atoms with Gasteiger partial charge >= 0.3 is 5.97 Å². The molecule has 0 aliphatic heterocycles. The van der Waals surface area contributed by atoms with Crippen molar-refractivity contribution in [3.8, 4) is 0 Å². The molecule has 0 saturated carbocycles. The normalized spacial score (nSPS) is 14.1. The third-order valence-electron chi connectivity index (χ3n) is 3.16. The molecule has 19 heavy (non-hydrogen) atoms. The Kier molecular flexibility index (Phi) is 6.30. The molecule has 1 atom stereocenters. The monoisotopic (exact) mass is 286 g/mol. The smallest absolute Gasteiger partial charge is 0.325 e. The van der Waals surface area contributed by atoms with Crippen LogP contribution >= 0.6 is 11.8 Å². The van der Waals surface area contributed by atoms with Crippen LogP contribution in [0.3, 0.4) is 0 Å². The second-order valence-electron chi connectivity index (χ2n) is 4.60. The van der Waals surface area contributed by atoms with E-state index in [0.717, 1.165) is 30.2 Å². The van der Waals surface area contributed by atoms with Crippen molar-refractivity contribution in [2.45, 2.75) is 36.9 Å². The van der Waals surface area contributed by atoms with Crippen LogP contribution < -0.4 is 5.32 Å². The van der Waals surface area contributed by atoms with E-state index in [2.05, 4.69) is 15.5 Å². The number of carbonyl (C=O) groups excluding carboxylic acids is 1. The number of aromatic nitrogens is 3. The number of hydrogen-bond donors (Lipinski definition) is 1. The maximum absolute atomic E-state index is 11.6. The van der Waals surface area contributed by atoms with Crippen LogP contribution in [0, 0.1) is 0 Å². The van der Waals surface area contributed by atoms with Gasteiger partial charge < -0.3 is 14.6 Å². The van der Waals surface area contributed by atoms with Crippen molar-refractivity contribution in [2.75, 3.05) is 19.9 Å². The number of unbranched alkanes of at least 4 members (excludes halogenated alkanes) is 1. The molecule has 108 valence electrons. The van der Waals surface area contributed by atoms with Gasteiger partial charge in [0.05, 0.1) is 7.11 Å². The van der Waals surface area contributed by atoms with Gasteiger partial charge in [-0.2, -0.15) is 0 Å². The molecule has 0 radical (unpaired) electrons. The van der Waals surface area contributed by atoms with Gasteiger partial charge in [0, 0.05) is 12.8 Å². The molecule has 1 heterocycles. The highest BCUT2D eigenvalue weighted by Gasteiger charge is 2.31. The first kappa shape index (κ1) is 16.0. The molecule has 0 aromatic carbocycles. The van der Waals surface area contributed by atoms with Gasteiger partial charge in [0.25, 0.3) is 0 Å². The first-order chi connectivity index (χ1) is 9.03. The summed E-state index contributed by atoms with van der Waals surface area (Å²) in [5, 5.41) is 11.8. The minimum Gasteiger partial charge on any atom is -0.468 e. The van der Waals surface area contributed by atoms with Crippen molar-refractivity contribution in [2.24, 2.45) is 7.05 Å². The lowest BCUT2D eigenvalue weighted by Gasteiger charge is -2.25. The van der Waals surface area contributed by atoms with E-state index in [1.54, 1.807) is 25.1 Å². The molecule has 0 fully saturated rings. The molecule has 7 heteroatoms. The summed E-state index contributed by atoms with van der Waals surface area (Å²) in [4.78, 5) is 11.6. The van der Waals surface area contributed by atoms with Crippen LogP contribution in [-0.2, 0) is 16.6 Å². The zero-order valence-corrected chi connectivity index (χ0v) is 12.8. The fourth-order valence-corrected chi connectivity index (χ4v) is 2.59. The molecule has 0 aliphatic rings. The zero-order valence-electron chi connectivity index (χ0n) is 12.0. The Balaban J connectivity index is 2.26. The molecule has 1 aromatic heterocycles. The average molecular weight is 286 g/mol. The Bertz CT molecular complexity index is 410. The summed E-state index contributed by atoms with van der Waals surface area (Å²) in [6.07, 6.45) is 4.43. The van der Waals surface area contributed by atoms with Crippen molar-refractivity contribution >= 4 is 17.7 Å². The van der Waals surface area contributed by atoms with Crippen molar-refractivity contribution < 1.29 is 9.53 Å². The van der Waals surface area contributed by atoms with Crippen LogP contribution in [0.25, 0.3) is 0 Å². The molecule has 1 aromatic rings. The summed E-state index contributed by atoms with van der Waals surface area (Å²) in [7, 11) is 5.13. The van der Waals surface area contributed by atoms with Gasteiger partial charge in [0.15, 0.2) is 5.16 Å². The molecule has 0 saturated heterocycles. The Morgan fingerprint density at radius 2 is 2.32 bits per heavy atom. The Morgan fingerprint density at radius 3 is 2.84 bits per heavy atom. The maximum Gasteiger partial charge on any atom is 0.325 e. The molecule has 0 amide bonds. The van der Waals surface area contributed by atoms with Crippen LogP contribution in [0.15, 0.2) is 11.5 Å². The minimum atomic E-state index is -0.593. The van der Waals surface area contributed by atoms with Crippen LogP contribution in [0.4, 0.5) is 0 Å². The second kappa shape index (κ2) is 7.49. The van der Waals surface area contributed by atoms with Crippen LogP contribution in [-0.4, -0.2) is 46.2 Å². The first-order valence-electron chi connectivity index (χ1n) is 6.27. The van der Waals surface area contributed by atoms with Gasteiger partial charge in [0.2, 0.25) is 0 Å². The van der Waals surface area contributed by atoms with Crippen LogP contribution in [0.2, 0.25) is 0 Å². The van der Waals surface area contributed by atoms with E-state index in [1.807, 2.05) is 18.5 Å². The summed E-state index contributed by atoms with van der Waals surface area (Å²) >= 11 is 1.68. The molecule has 6 nitrogen and oxygen atoms in total. The van der Waals surface area contributed by atoms with Crippen molar-refractivity contribution in [3.05, 3.63) is 6.33 Å².